The van der Waals surface area contributed by atoms with Gasteiger partial charge in [0.25, 0.3) is 0 Å². The van der Waals surface area contributed by atoms with E-state index >= 15 is 0 Å². The average molecular weight is 474 g/mol. The summed E-state index contributed by atoms with van der Waals surface area (Å²) in [5.41, 5.74) is 3.87. The topological polar surface area (TPSA) is 62.4 Å². The number of nitrogens with zero attached hydrogens (tertiary/aromatic N) is 1. The molecule has 0 atom stereocenters. The second-order valence-electron chi connectivity index (χ2n) is 8.02. The summed E-state index contributed by atoms with van der Waals surface area (Å²) in [4.78, 5) is 2.21. The molecule has 2 N–H and O–H groups in total. The lowest BCUT2D eigenvalue weighted by Gasteiger charge is -2.19. The Balaban J connectivity index is 0.00000272. The molecular formula is C27H36ClNO4. The standard InChI is InChI=1S/C27H33NO3.ClH.H2O/c1-19(2)26-22(12-11-21-9-7-8-10-23(21)26)14-16-28(3)15-13-20-17-24(29-4)27(31-6)25(18-20)30-5;;/h7-13,15,17-19H,14,16H2,1-6H3;1H;1H2. The van der Waals surface area contributed by atoms with Crippen molar-refractivity contribution in [3.05, 3.63) is 71.4 Å². The lowest BCUT2D eigenvalue weighted by atomic mass is 9.90. The number of halogens is 1. The van der Waals surface area contributed by atoms with Crippen molar-refractivity contribution in [3.8, 4) is 17.2 Å². The molecule has 3 aromatic rings. The van der Waals surface area contributed by atoms with E-state index in [-0.39, 0.29) is 17.9 Å². The molecule has 6 heteroatoms. The number of hydrogen-bond acceptors (Lipinski definition) is 4. The monoisotopic (exact) mass is 473 g/mol. The maximum absolute atomic E-state index is 5.45. The van der Waals surface area contributed by atoms with E-state index in [1.807, 2.05) is 12.1 Å². The Hall–Kier alpha value is -2.89. The van der Waals surface area contributed by atoms with E-state index in [2.05, 4.69) is 74.5 Å². The summed E-state index contributed by atoms with van der Waals surface area (Å²) >= 11 is 0. The van der Waals surface area contributed by atoms with Gasteiger partial charge in [0.1, 0.15) is 0 Å². The van der Waals surface area contributed by atoms with Crippen molar-refractivity contribution >= 4 is 29.3 Å². The van der Waals surface area contributed by atoms with E-state index in [0.29, 0.717) is 23.2 Å². The van der Waals surface area contributed by atoms with Gasteiger partial charge in [-0.25, -0.2) is 0 Å². The zero-order chi connectivity index (χ0) is 22.4. The molecule has 0 amide bonds. The van der Waals surface area contributed by atoms with Crippen LogP contribution >= 0.6 is 12.4 Å². The normalized spacial score (nSPS) is 10.6. The quantitative estimate of drug-likeness (QED) is 0.398. The van der Waals surface area contributed by atoms with Gasteiger partial charge in [-0.05, 0) is 64.2 Å². The predicted octanol–water partition coefficient (Wildman–Crippen LogP) is 5.73. The van der Waals surface area contributed by atoms with Crippen LogP contribution in [0.3, 0.4) is 0 Å². The van der Waals surface area contributed by atoms with Gasteiger partial charge in [-0.15, -0.1) is 12.4 Å². The van der Waals surface area contributed by atoms with Crippen molar-refractivity contribution in [2.24, 2.45) is 0 Å². The fourth-order valence-corrected chi connectivity index (χ4v) is 4.02. The van der Waals surface area contributed by atoms with Gasteiger partial charge in [-0.2, -0.15) is 0 Å². The van der Waals surface area contributed by atoms with Crippen LogP contribution in [0.2, 0.25) is 0 Å². The molecule has 0 spiro atoms. The van der Waals surface area contributed by atoms with E-state index in [4.69, 9.17) is 14.2 Å². The maximum Gasteiger partial charge on any atom is 0.203 e. The van der Waals surface area contributed by atoms with Crippen LogP contribution in [0.15, 0.2) is 54.7 Å². The number of benzene rings is 3. The number of hydrogen-bond donors (Lipinski definition) is 0. The Labute approximate surface area is 203 Å². The van der Waals surface area contributed by atoms with Crippen molar-refractivity contribution in [2.45, 2.75) is 26.2 Å². The number of likely N-dealkylation sites (N-methyl/N-ethyl adjacent to an activating group) is 1. The van der Waals surface area contributed by atoms with E-state index in [0.717, 1.165) is 18.5 Å². The van der Waals surface area contributed by atoms with Crippen molar-refractivity contribution < 1.29 is 19.7 Å². The SMILES string of the molecule is COc1cc(C=CN(C)CCc2ccc3ccccc3c2C(C)C)cc(OC)c1OC.Cl.O. The van der Waals surface area contributed by atoms with E-state index in [9.17, 15) is 0 Å². The van der Waals surface area contributed by atoms with Gasteiger partial charge in [0.2, 0.25) is 5.75 Å². The summed E-state index contributed by atoms with van der Waals surface area (Å²) in [5, 5.41) is 2.68. The zero-order valence-corrected chi connectivity index (χ0v) is 21.2. The Morgan fingerprint density at radius 1 is 0.909 bits per heavy atom. The number of ether oxygens (including phenoxy) is 3. The molecule has 0 unspecified atom stereocenters. The van der Waals surface area contributed by atoms with Crippen molar-refractivity contribution in [2.75, 3.05) is 34.9 Å². The third kappa shape index (κ3) is 6.56. The summed E-state index contributed by atoms with van der Waals surface area (Å²) < 4.78 is 16.3. The first-order valence-corrected chi connectivity index (χ1v) is 10.7. The number of rotatable bonds is 9. The molecule has 0 radical (unpaired) electrons. The van der Waals surface area contributed by atoms with E-state index in [1.54, 1.807) is 21.3 Å². The van der Waals surface area contributed by atoms with Crippen LogP contribution in [-0.2, 0) is 6.42 Å². The molecule has 0 aliphatic rings. The second kappa shape index (κ2) is 13.0. The molecule has 0 aliphatic carbocycles. The molecule has 180 valence electrons. The van der Waals surface area contributed by atoms with Gasteiger partial charge in [0.05, 0.1) is 21.3 Å². The third-order valence-electron chi connectivity index (χ3n) is 5.58. The summed E-state index contributed by atoms with van der Waals surface area (Å²) in [6.45, 7) is 5.48. The molecule has 0 saturated heterocycles. The molecule has 0 heterocycles. The van der Waals surface area contributed by atoms with Gasteiger partial charge in [0, 0.05) is 13.6 Å². The minimum Gasteiger partial charge on any atom is -0.493 e. The first-order valence-electron chi connectivity index (χ1n) is 10.7. The molecule has 3 rings (SSSR count). The first-order chi connectivity index (χ1) is 15.0. The van der Waals surface area contributed by atoms with Crippen LogP contribution in [0.5, 0.6) is 17.2 Å². The van der Waals surface area contributed by atoms with E-state index < -0.39 is 0 Å². The second-order valence-corrected chi connectivity index (χ2v) is 8.02. The molecular weight excluding hydrogens is 438 g/mol. The van der Waals surface area contributed by atoms with Crippen LogP contribution in [-0.4, -0.2) is 45.3 Å². The highest BCUT2D eigenvalue weighted by atomic mass is 35.5. The fraction of sp³-hybridized carbons (Fsp3) is 0.333. The number of fused-ring (bicyclic) bond motifs is 1. The van der Waals surface area contributed by atoms with Gasteiger partial charge in [-0.1, -0.05) is 50.2 Å². The molecule has 3 aromatic carbocycles. The lowest BCUT2D eigenvalue weighted by Crippen LogP contribution is -2.15. The molecule has 33 heavy (non-hydrogen) atoms. The Morgan fingerprint density at radius 3 is 2.12 bits per heavy atom. The molecule has 5 nitrogen and oxygen atoms in total. The van der Waals surface area contributed by atoms with Gasteiger partial charge in [0.15, 0.2) is 11.5 Å². The highest BCUT2D eigenvalue weighted by Gasteiger charge is 2.13. The maximum atomic E-state index is 5.45. The molecule has 0 aromatic heterocycles. The smallest absolute Gasteiger partial charge is 0.203 e. The van der Waals surface area contributed by atoms with Crippen LogP contribution in [0, 0.1) is 0 Å². The summed E-state index contributed by atoms with van der Waals surface area (Å²) in [5.74, 6) is 2.40. The predicted molar refractivity (Wildman–Crippen MR) is 140 cm³/mol. The van der Waals surface area contributed by atoms with Gasteiger partial charge < -0.3 is 24.6 Å². The molecule has 0 bridgehead atoms. The van der Waals surface area contributed by atoms with Gasteiger partial charge in [-0.3, -0.25) is 0 Å². The van der Waals surface area contributed by atoms with Crippen molar-refractivity contribution in [1.29, 1.82) is 0 Å². The van der Waals surface area contributed by atoms with E-state index in [1.165, 1.54) is 21.9 Å². The zero-order valence-electron chi connectivity index (χ0n) is 20.3. The summed E-state index contributed by atoms with van der Waals surface area (Å²) in [6.07, 6.45) is 5.15. The highest BCUT2D eigenvalue weighted by Crippen LogP contribution is 2.38. The minimum absolute atomic E-state index is 0. The minimum atomic E-state index is 0. The van der Waals surface area contributed by atoms with Crippen LogP contribution in [0.25, 0.3) is 16.8 Å². The van der Waals surface area contributed by atoms with Crippen molar-refractivity contribution in [3.63, 3.8) is 0 Å². The highest BCUT2D eigenvalue weighted by molar-refractivity contribution is 5.87. The summed E-state index contributed by atoms with van der Waals surface area (Å²) in [7, 11) is 6.98. The lowest BCUT2D eigenvalue weighted by molar-refractivity contribution is 0.324. The summed E-state index contributed by atoms with van der Waals surface area (Å²) in [6, 6.07) is 17.1. The molecule has 0 aliphatic heterocycles. The number of methoxy groups -OCH3 is 3. The van der Waals surface area contributed by atoms with Crippen molar-refractivity contribution in [1.82, 2.24) is 4.90 Å². The Morgan fingerprint density at radius 2 is 1.55 bits per heavy atom. The largest absolute Gasteiger partial charge is 0.493 e. The average Bonchev–Trinajstić information content (AvgIpc) is 2.79. The van der Waals surface area contributed by atoms with Crippen LogP contribution < -0.4 is 14.2 Å². The third-order valence-corrected chi connectivity index (χ3v) is 5.58. The van der Waals surface area contributed by atoms with Crippen LogP contribution in [0.4, 0.5) is 0 Å². The van der Waals surface area contributed by atoms with Crippen LogP contribution in [0.1, 0.15) is 36.5 Å². The Kier molecular flexibility index (Phi) is 11.1. The first kappa shape index (κ1) is 28.1. The Bertz CT molecular complexity index is 1040. The molecule has 0 fully saturated rings. The fourth-order valence-electron chi connectivity index (χ4n) is 4.02. The van der Waals surface area contributed by atoms with Gasteiger partial charge >= 0.3 is 0 Å². The molecule has 0 saturated carbocycles.